The van der Waals surface area contributed by atoms with Crippen LogP contribution < -0.4 is 5.32 Å². The minimum absolute atomic E-state index is 0.0883. The molecular formula is C21H25N3O3. The van der Waals surface area contributed by atoms with Crippen LogP contribution in [0.15, 0.2) is 18.2 Å². The van der Waals surface area contributed by atoms with Crippen LogP contribution in [0.3, 0.4) is 0 Å². The van der Waals surface area contributed by atoms with E-state index in [1.54, 1.807) is 4.90 Å². The molecule has 6 heteroatoms. The Hall–Kier alpha value is -2.21. The number of piperidine rings is 2. The highest BCUT2D eigenvalue weighted by Gasteiger charge is 2.39. The van der Waals surface area contributed by atoms with E-state index in [0.717, 1.165) is 11.6 Å². The van der Waals surface area contributed by atoms with Crippen LogP contribution in [0.5, 0.6) is 0 Å². The number of nitrogens with zero attached hydrogens (tertiary/aromatic N) is 2. The molecule has 1 N–H and O–H groups in total. The van der Waals surface area contributed by atoms with Crippen LogP contribution in [0.25, 0.3) is 0 Å². The van der Waals surface area contributed by atoms with Crippen LogP contribution in [-0.2, 0) is 16.1 Å². The van der Waals surface area contributed by atoms with Gasteiger partial charge < -0.3 is 9.80 Å². The average Bonchev–Trinajstić information content (AvgIpc) is 3.47. The van der Waals surface area contributed by atoms with E-state index in [1.807, 2.05) is 6.07 Å². The molecule has 3 heterocycles. The van der Waals surface area contributed by atoms with E-state index in [0.29, 0.717) is 30.9 Å². The van der Waals surface area contributed by atoms with Gasteiger partial charge in [-0.1, -0.05) is 12.1 Å². The molecule has 3 fully saturated rings. The Balaban J connectivity index is 1.30. The quantitative estimate of drug-likeness (QED) is 0.827. The summed E-state index contributed by atoms with van der Waals surface area (Å²) in [5.41, 5.74) is 3.05. The fourth-order valence-electron chi connectivity index (χ4n) is 4.89. The molecule has 3 amide bonds. The number of rotatable bonds is 3. The number of imide groups is 1. The SMILES string of the molecule is O=C1CCC(N2Cc3cc(C4CCN(C5CC5)CC4)ccc3C2=O)C(=O)N1. The predicted molar refractivity (Wildman–Crippen MR) is 99.1 cm³/mol. The third-order valence-corrected chi connectivity index (χ3v) is 6.61. The van der Waals surface area contributed by atoms with Gasteiger partial charge in [0.1, 0.15) is 6.04 Å². The number of carbonyl (C=O) groups excluding carboxylic acids is 3. The summed E-state index contributed by atoms with van der Waals surface area (Å²) < 4.78 is 0. The number of nitrogens with one attached hydrogen (secondary N) is 1. The number of carbonyl (C=O) groups is 3. The molecule has 27 heavy (non-hydrogen) atoms. The van der Waals surface area contributed by atoms with Crippen molar-refractivity contribution in [2.75, 3.05) is 13.1 Å². The summed E-state index contributed by atoms with van der Waals surface area (Å²) in [6, 6.07) is 6.52. The van der Waals surface area contributed by atoms with E-state index in [-0.39, 0.29) is 17.7 Å². The Bertz CT molecular complexity index is 809. The molecule has 0 bridgehead atoms. The van der Waals surface area contributed by atoms with E-state index in [9.17, 15) is 14.4 Å². The highest BCUT2D eigenvalue weighted by atomic mass is 16.2. The van der Waals surface area contributed by atoms with Crippen molar-refractivity contribution >= 4 is 17.7 Å². The van der Waals surface area contributed by atoms with Crippen molar-refractivity contribution in [1.82, 2.24) is 15.1 Å². The standard InChI is InChI=1S/C21H25N3O3/c25-19-6-5-18(20(26)22-19)24-12-15-11-14(1-4-17(15)21(24)27)13-7-9-23(10-8-13)16-2-3-16/h1,4,11,13,16,18H,2-3,5-10,12H2,(H,22,25,26). The predicted octanol–water partition coefficient (Wildman–Crippen LogP) is 1.79. The number of amides is 3. The Morgan fingerprint density at radius 3 is 2.44 bits per heavy atom. The molecule has 3 aliphatic heterocycles. The molecule has 1 aromatic carbocycles. The van der Waals surface area contributed by atoms with Gasteiger partial charge in [-0.05, 0) is 68.3 Å². The van der Waals surface area contributed by atoms with Gasteiger partial charge in [-0.25, -0.2) is 0 Å². The molecule has 5 rings (SSSR count). The van der Waals surface area contributed by atoms with Crippen molar-refractivity contribution < 1.29 is 14.4 Å². The van der Waals surface area contributed by atoms with Gasteiger partial charge in [0.25, 0.3) is 5.91 Å². The Morgan fingerprint density at radius 2 is 1.74 bits per heavy atom. The van der Waals surface area contributed by atoms with Crippen LogP contribution in [0, 0.1) is 0 Å². The summed E-state index contributed by atoms with van der Waals surface area (Å²) in [6.45, 7) is 2.82. The molecule has 6 nitrogen and oxygen atoms in total. The maximum atomic E-state index is 12.8. The summed E-state index contributed by atoms with van der Waals surface area (Å²) in [6.07, 6.45) is 5.79. The lowest BCUT2D eigenvalue weighted by molar-refractivity contribution is -0.136. The fourth-order valence-corrected chi connectivity index (χ4v) is 4.89. The second-order valence-electron chi connectivity index (χ2n) is 8.36. The van der Waals surface area contributed by atoms with Gasteiger partial charge in [0.2, 0.25) is 11.8 Å². The topological polar surface area (TPSA) is 69.7 Å². The van der Waals surface area contributed by atoms with Crippen molar-refractivity contribution in [2.24, 2.45) is 0 Å². The second-order valence-corrected chi connectivity index (χ2v) is 8.36. The van der Waals surface area contributed by atoms with Crippen LogP contribution >= 0.6 is 0 Å². The van der Waals surface area contributed by atoms with E-state index < -0.39 is 6.04 Å². The molecule has 0 radical (unpaired) electrons. The van der Waals surface area contributed by atoms with Crippen LogP contribution in [-0.4, -0.2) is 52.7 Å². The maximum Gasteiger partial charge on any atom is 0.255 e. The van der Waals surface area contributed by atoms with Crippen LogP contribution in [0.2, 0.25) is 0 Å². The zero-order valence-electron chi connectivity index (χ0n) is 15.4. The molecular weight excluding hydrogens is 342 g/mol. The van der Waals surface area contributed by atoms with Gasteiger partial charge in [0, 0.05) is 24.6 Å². The molecule has 1 aliphatic carbocycles. The highest BCUT2D eigenvalue weighted by molar-refractivity contribution is 6.05. The number of hydrogen-bond donors (Lipinski definition) is 1. The Morgan fingerprint density at radius 1 is 0.963 bits per heavy atom. The van der Waals surface area contributed by atoms with Crippen molar-refractivity contribution in [3.63, 3.8) is 0 Å². The average molecular weight is 367 g/mol. The molecule has 1 unspecified atom stereocenters. The first-order valence-electron chi connectivity index (χ1n) is 10.1. The van der Waals surface area contributed by atoms with E-state index in [1.165, 1.54) is 44.3 Å². The molecule has 2 saturated heterocycles. The zero-order valence-corrected chi connectivity index (χ0v) is 15.4. The molecule has 1 saturated carbocycles. The Kier molecular flexibility index (Phi) is 4.04. The molecule has 4 aliphatic rings. The van der Waals surface area contributed by atoms with Gasteiger partial charge in [-0.3, -0.25) is 19.7 Å². The van der Waals surface area contributed by atoms with E-state index in [2.05, 4.69) is 22.3 Å². The normalized spacial score (nSPS) is 27.0. The zero-order chi connectivity index (χ0) is 18.5. The Labute approximate surface area is 158 Å². The summed E-state index contributed by atoms with van der Waals surface area (Å²) in [4.78, 5) is 40.6. The van der Waals surface area contributed by atoms with Crippen molar-refractivity contribution in [3.8, 4) is 0 Å². The van der Waals surface area contributed by atoms with Crippen molar-refractivity contribution in [1.29, 1.82) is 0 Å². The first kappa shape index (κ1) is 16.9. The number of hydrogen-bond acceptors (Lipinski definition) is 4. The molecule has 1 atom stereocenters. The van der Waals surface area contributed by atoms with Gasteiger partial charge in [0.15, 0.2) is 0 Å². The minimum Gasteiger partial charge on any atom is -0.322 e. The van der Waals surface area contributed by atoms with Crippen molar-refractivity contribution in [2.45, 2.75) is 63.1 Å². The van der Waals surface area contributed by atoms with E-state index >= 15 is 0 Å². The maximum absolute atomic E-state index is 12.8. The van der Waals surface area contributed by atoms with E-state index in [4.69, 9.17) is 0 Å². The van der Waals surface area contributed by atoms with Crippen LogP contribution in [0.1, 0.15) is 65.9 Å². The first-order valence-corrected chi connectivity index (χ1v) is 10.1. The highest BCUT2D eigenvalue weighted by Crippen LogP contribution is 2.36. The summed E-state index contributed by atoms with van der Waals surface area (Å²) in [5.74, 6) is -0.125. The fraction of sp³-hybridized carbons (Fsp3) is 0.571. The minimum atomic E-state index is -0.534. The number of likely N-dealkylation sites (tertiary alicyclic amines) is 1. The number of fused-ring (bicyclic) bond motifs is 1. The van der Waals surface area contributed by atoms with Crippen molar-refractivity contribution in [3.05, 3.63) is 34.9 Å². The van der Waals surface area contributed by atoms with Gasteiger partial charge >= 0.3 is 0 Å². The summed E-state index contributed by atoms with van der Waals surface area (Å²) in [7, 11) is 0. The monoisotopic (exact) mass is 367 g/mol. The molecule has 1 aromatic rings. The third-order valence-electron chi connectivity index (χ3n) is 6.61. The lowest BCUT2D eigenvalue weighted by Crippen LogP contribution is -2.52. The second kappa shape index (κ2) is 6.44. The molecule has 0 aromatic heterocycles. The summed E-state index contributed by atoms with van der Waals surface area (Å²) in [5, 5.41) is 2.36. The molecule has 0 spiro atoms. The third kappa shape index (κ3) is 3.06. The van der Waals surface area contributed by atoms with Gasteiger partial charge in [-0.15, -0.1) is 0 Å². The largest absolute Gasteiger partial charge is 0.322 e. The number of benzene rings is 1. The first-order chi connectivity index (χ1) is 13.1. The summed E-state index contributed by atoms with van der Waals surface area (Å²) >= 11 is 0. The van der Waals surface area contributed by atoms with Gasteiger partial charge in [-0.2, -0.15) is 0 Å². The lowest BCUT2D eigenvalue weighted by atomic mass is 9.88. The van der Waals surface area contributed by atoms with Crippen LogP contribution in [0.4, 0.5) is 0 Å². The lowest BCUT2D eigenvalue weighted by Gasteiger charge is -2.32. The van der Waals surface area contributed by atoms with Gasteiger partial charge in [0.05, 0.1) is 0 Å². The smallest absolute Gasteiger partial charge is 0.255 e. The molecule has 142 valence electrons.